The molecule has 0 aliphatic rings. The number of fused-ring (bicyclic) bond motifs is 1. The van der Waals surface area contributed by atoms with Gasteiger partial charge in [0, 0.05) is 18.0 Å². The number of hydrogen-bond donors (Lipinski definition) is 2. The van der Waals surface area contributed by atoms with E-state index in [0.717, 1.165) is 23.3 Å². The summed E-state index contributed by atoms with van der Waals surface area (Å²) < 4.78 is 39.2. The van der Waals surface area contributed by atoms with E-state index in [-0.39, 0.29) is 21.6 Å². The van der Waals surface area contributed by atoms with Crippen LogP contribution in [0.2, 0.25) is 0 Å². The van der Waals surface area contributed by atoms with Crippen LogP contribution in [0.1, 0.15) is 34.8 Å². The molecule has 10 heteroatoms. The van der Waals surface area contributed by atoms with Crippen LogP contribution in [0.15, 0.2) is 29.2 Å². The summed E-state index contributed by atoms with van der Waals surface area (Å²) in [5, 5.41) is 11.0. The number of nitrogens with one attached hydrogen (secondary N) is 2. The topological polar surface area (TPSA) is 87.7 Å². The fraction of sp³-hybridized carbons (Fsp3) is 0.294. The molecule has 0 saturated heterocycles. The fourth-order valence-corrected chi connectivity index (χ4v) is 3.50. The van der Waals surface area contributed by atoms with Crippen LogP contribution in [0.3, 0.4) is 0 Å². The highest BCUT2D eigenvalue weighted by Gasteiger charge is 2.33. The van der Waals surface area contributed by atoms with Crippen molar-refractivity contribution in [2.45, 2.75) is 26.4 Å². The van der Waals surface area contributed by atoms with Crippen molar-refractivity contribution < 1.29 is 18.0 Å². The molecule has 0 aliphatic heterocycles. The first-order chi connectivity index (χ1) is 12.7. The SMILES string of the molecule is CC(C)Cc1nnc(NC(=O)c2c[nH]c3c(C(F)(F)F)cccc3c2=O)s1. The number of rotatable bonds is 4. The molecule has 3 aromatic rings. The number of aromatic amines is 1. The van der Waals surface area contributed by atoms with Gasteiger partial charge in [0.15, 0.2) is 0 Å². The summed E-state index contributed by atoms with van der Waals surface area (Å²) in [6, 6.07) is 3.24. The highest BCUT2D eigenvalue weighted by molar-refractivity contribution is 7.15. The molecule has 2 aromatic heterocycles. The molecule has 0 radical (unpaired) electrons. The summed E-state index contributed by atoms with van der Waals surface area (Å²) in [5.74, 6) is -0.393. The van der Waals surface area contributed by atoms with Gasteiger partial charge in [-0.2, -0.15) is 13.2 Å². The molecule has 1 amide bonds. The molecule has 142 valence electrons. The van der Waals surface area contributed by atoms with E-state index in [1.165, 1.54) is 17.4 Å². The predicted octanol–water partition coefficient (Wildman–Crippen LogP) is 3.85. The average molecular weight is 396 g/mol. The van der Waals surface area contributed by atoms with Crippen LogP contribution in [0.5, 0.6) is 0 Å². The molecule has 6 nitrogen and oxygen atoms in total. The van der Waals surface area contributed by atoms with E-state index in [2.05, 4.69) is 20.5 Å². The van der Waals surface area contributed by atoms with Gasteiger partial charge in [-0.3, -0.25) is 14.9 Å². The van der Waals surface area contributed by atoms with Gasteiger partial charge in [0.25, 0.3) is 5.91 Å². The molecule has 3 rings (SSSR count). The Kier molecular flexibility index (Phi) is 5.01. The van der Waals surface area contributed by atoms with E-state index >= 15 is 0 Å². The molecule has 2 N–H and O–H groups in total. The molecular formula is C17H15F3N4O2S. The quantitative estimate of drug-likeness (QED) is 0.701. The van der Waals surface area contributed by atoms with Crippen LogP contribution in [0.25, 0.3) is 10.9 Å². The van der Waals surface area contributed by atoms with E-state index < -0.39 is 23.1 Å². The Bertz CT molecular complexity index is 1060. The summed E-state index contributed by atoms with van der Waals surface area (Å²) in [6.07, 6.45) is -2.94. The van der Waals surface area contributed by atoms with E-state index in [1.54, 1.807) is 0 Å². The molecule has 0 aliphatic carbocycles. The lowest BCUT2D eigenvalue weighted by Crippen LogP contribution is -2.22. The third-order valence-corrected chi connectivity index (χ3v) is 4.60. The summed E-state index contributed by atoms with van der Waals surface area (Å²) >= 11 is 1.18. The summed E-state index contributed by atoms with van der Waals surface area (Å²) in [6.45, 7) is 4.03. The number of carbonyl (C=O) groups excluding carboxylic acids is 1. The van der Waals surface area contributed by atoms with Crippen molar-refractivity contribution in [3.8, 4) is 0 Å². The summed E-state index contributed by atoms with van der Waals surface area (Å²) in [5.41, 5.74) is -2.42. The number of nitrogens with zero attached hydrogens (tertiary/aromatic N) is 2. The Morgan fingerprint density at radius 2 is 2.04 bits per heavy atom. The molecule has 27 heavy (non-hydrogen) atoms. The summed E-state index contributed by atoms with van der Waals surface area (Å²) in [7, 11) is 0. The van der Waals surface area contributed by atoms with Crippen molar-refractivity contribution in [3.63, 3.8) is 0 Å². The number of amides is 1. The van der Waals surface area contributed by atoms with Crippen molar-refractivity contribution >= 4 is 33.3 Å². The van der Waals surface area contributed by atoms with Crippen molar-refractivity contribution in [2.24, 2.45) is 5.92 Å². The number of alkyl halides is 3. The molecule has 0 bridgehead atoms. The Labute approximate surface area is 155 Å². The fourth-order valence-electron chi connectivity index (χ4n) is 2.56. The number of aromatic nitrogens is 3. The number of carbonyl (C=O) groups is 1. The molecular weight excluding hydrogens is 381 g/mol. The number of benzene rings is 1. The third kappa shape index (κ3) is 4.00. The minimum Gasteiger partial charge on any atom is -0.360 e. The van der Waals surface area contributed by atoms with Gasteiger partial charge < -0.3 is 4.98 Å². The van der Waals surface area contributed by atoms with Crippen molar-refractivity contribution in [1.82, 2.24) is 15.2 Å². The number of para-hydroxylation sites is 1. The van der Waals surface area contributed by atoms with E-state index in [9.17, 15) is 22.8 Å². The van der Waals surface area contributed by atoms with Crippen LogP contribution < -0.4 is 10.7 Å². The van der Waals surface area contributed by atoms with Crippen LogP contribution in [-0.4, -0.2) is 21.1 Å². The van der Waals surface area contributed by atoms with Gasteiger partial charge in [0.05, 0.1) is 11.1 Å². The largest absolute Gasteiger partial charge is 0.418 e. The first-order valence-corrected chi connectivity index (χ1v) is 8.84. The zero-order chi connectivity index (χ0) is 19.8. The van der Waals surface area contributed by atoms with Crippen LogP contribution >= 0.6 is 11.3 Å². The maximum absolute atomic E-state index is 13.1. The van der Waals surface area contributed by atoms with Crippen LogP contribution in [-0.2, 0) is 12.6 Å². The lowest BCUT2D eigenvalue weighted by molar-refractivity contribution is -0.136. The molecule has 0 atom stereocenters. The van der Waals surface area contributed by atoms with E-state index in [4.69, 9.17) is 0 Å². The zero-order valence-electron chi connectivity index (χ0n) is 14.3. The third-order valence-electron chi connectivity index (χ3n) is 3.73. The molecule has 0 fully saturated rings. The first-order valence-electron chi connectivity index (χ1n) is 8.02. The number of H-pyrrole nitrogens is 1. The highest BCUT2D eigenvalue weighted by atomic mass is 32.1. The highest BCUT2D eigenvalue weighted by Crippen LogP contribution is 2.33. The normalized spacial score (nSPS) is 11.9. The van der Waals surface area contributed by atoms with Crippen molar-refractivity contribution in [3.05, 3.63) is 50.8 Å². The van der Waals surface area contributed by atoms with Crippen molar-refractivity contribution in [1.29, 1.82) is 0 Å². The van der Waals surface area contributed by atoms with Gasteiger partial charge >= 0.3 is 6.18 Å². The maximum Gasteiger partial charge on any atom is 0.418 e. The van der Waals surface area contributed by atoms with Gasteiger partial charge in [-0.25, -0.2) is 0 Å². The zero-order valence-corrected chi connectivity index (χ0v) is 15.2. The predicted molar refractivity (Wildman–Crippen MR) is 96.0 cm³/mol. The summed E-state index contributed by atoms with van der Waals surface area (Å²) in [4.78, 5) is 27.3. The van der Waals surface area contributed by atoms with E-state index in [0.29, 0.717) is 12.3 Å². The smallest absolute Gasteiger partial charge is 0.360 e. The molecule has 2 heterocycles. The molecule has 1 aromatic carbocycles. The van der Waals surface area contributed by atoms with Crippen LogP contribution in [0.4, 0.5) is 18.3 Å². The Morgan fingerprint density at radius 1 is 1.30 bits per heavy atom. The van der Waals surface area contributed by atoms with Gasteiger partial charge in [-0.05, 0) is 18.1 Å². The van der Waals surface area contributed by atoms with Crippen LogP contribution in [0, 0.1) is 5.92 Å². The van der Waals surface area contributed by atoms with Gasteiger partial charge in [-0.1, -0.05) is 31.3 Å². The monoisotopic (exact) mass is 396 g/mol. The number of halogens is 3. The lowest BCUT2D eigenvalue weighted by Gasteiger charge is -2.10. The Balaban J connectivity index is 1.93. The van der Waals surface area contributed by atoms with Gasteiger partial charge in [0.1, 0.15) is 10.6 Å². The average Bonchev–Trinajstić information content (AvgIpc) is 2.99. The van der Waals surface area contributed by atoms with Gasteiger partial charge in [0.2, 0.25) is 10.6 Å². The lowest BCUT2D eigenvalue weighted by atomic mass is 10.1. The second-order valence-electron chi connectivity index (χ2n) is 6.31. The van der Waals surface area contributed by atoms with E-state index in [1.807, 2.05) is 13.8 Å². The standard InChI is InChI=1S/C17H15F3N4O2S/c1-8(2)6-12-23-24-16(27-12)22-15(26)10-7-21-13-9(14(10)25)4-3-5-11(13)17(18,19)20/h3-5,7-8H,6H2,1-2H3,(H,21,25)(H,22,24,26). The number of pyridine rings is 1. The first kappa shape index (κ1) is 19.0. The molecule has 0 unspecified atom stereocenters. The maximum atomic E-state index is 13.1. The second-order valence-corrected chi connectivity index (χ2v) is 7.37. The second kappa shape index (κ2) is 7.10. The Hall–Kier alpha value is -2.75. The number of anilines is 1. The minimum atomic E-state index is -4.62. The minimum absolute atomic E-state index is 0.213. The Morgan fingerprint density at radius 3 is 2.70 bits per heavy atom. The molecule has 0 saturated carbocycles. The van der Waals surface area contributed by atoms with Gasteiger partial charge in [-0.15, -0.1) is 10.2 Å². The van der Waals surface area contributed by atoms with Crippen molar-refractivity contribution in [2.75, 3.05) is 5.32 Å². The molecule has 0 spiro atoms. The number of hydrogen-bond acceptors (Lipinski definition) is 5.